The molecule has 2 unspecified atom stereocenters. The summed E-state index contributed by atoms with van der Waals surface area (Å²) in [6.07, 6.45) is 1.99. The molecule has 0 spiro atoms. The monoisotopic (exact) mass is 573 g/mol. The van der Waals surface area contributed by atoms with Crippen molar-refractivity contribution in [2.45, 2.75) is 59.5 Å². The summed E-state index contributed by atoms with van der Waals surface area (Å²) < 4.78 is 18.1. The molecule has 5 N–H and O–H groups in total. The zero-order valence-corrected chi connectivity index (χ0v) is 25.3. The Morgan fingerprint density at radius 3 is 2.32 bits per heavy atom. The normalized spacial score (nSPS) is 20.5. The Bertz CT molecular complexity index is 1050. The van der Waals surface area contributed by atoms with Crippen LogP contribution in [0, 0.1) is 18.7 Å². The van der Waals surface area contributed by atoms with Gasteiger partial charge in [-0.3, -0.25) is 14.4 Å². The summed E-state index contributed by atoms with van der Waals surface area (Å²) in [6.45, 7) is 11.1. The zero-order chi connectivity index (χ0) is 30.6. The Balaban J connectivity index is 0.000000638. The SMILES string of the molecule is CCC.CNCC1NC(=O)CNC(=O)CN[C@@H](C)COc2ccccc2CC(C)CNC1=O.Cc1cccc(F)c1. The van der Waals surface area contributed by atoms with Crippen LogP contribution < -0.4 is 31.3 Å². The second-order valence-electron chi connectivity index (χ2n) is 10.2. The van der Waals surface area contributed by atoms with Crippen LogP contribution in [0.3, 0.4) is 0 Å². The maximum absolute atomic E-state index is 12.5. The molecule has 1 aliphatic heterocycles. The zero-order valence-electron chi connectivity index (χ0n) is 25.3. The van der Waals surface area contributed by atoms with Crippen LogP contribution in [0.2, 0.25) is 0 Å². The number of nitrogens with one attached hydrogen (secondary N) is 5. The van der Waals surface area contributed by atoms with Gasteiger partial charge in [-0.2, -0.15) is 0 Å². The average Bonchev–Trinajstić information content (AvgIpc) is 2.93. The number of hydrogen-bond acceptors (Lipinski definition) is 6. The van der Waals surface area contributed by atoms with Crippen molar-refractivity contribution in [2.24, 2.45) is 5.92 Å². The van der Waals surface area contributed by atoms with Gasteiger partial charge in [-0.15, -0.1) is 0 Å². The molecule has 3 amide bonds. The van der Waals surface area contributed by atoms with Crippen molar-refractivity contribution in [1.29, 1.82) is 0 Å². The van der Waals surface area contributed by atoms with Crippen LogP contribution in [0.15, 0.2) is 48.5 Å². The Morgan fingerprint density at radius 2 is 1.68 bits per heavy atom. The number of halogens is 1. The molecule has 0 radical (unpaired) electrons. The highest BCUT2D eigenvalue weighted by molar-refractivity contribution is 5.90. The maximum atomic E-state index is 12.5. The van der Waals surface area contributed by atoms with Gasteiger partial charge in [0.25, 0.3) is 0 Å². The lowest BCUT2D eigenvalue weighted by Crippen LogP contribution is -2.54. The van der Waals surface area contributed by atoms with E-state index < -0.39 is 11.9 Å². The number of benzene rings is 2. The molecular formula is C31H48FN5O4. The largest absolute Gasteiger partial charge is 0.492 e. The average molecular weight is 574 g/mol. The van der Waals surface area contributed by atoms with Crippen molar-refractivity contribution in [3.63, 3.8) is 0 Å². The van der Waals surface area contributed by atoms with E-state index in [1.165, 1.54) is 18.6 Å². The van der Waals surface area contributed by atoms with Crippen LogP contribution in [0.5, 0.6) is 5.75 Å². The maximum Gasteiger partial charge on any atom is 0.243 e. The van der Waals surface area contributed by atoms with E-state index in [-0.39, 0.29) is 49.2 Å². The third-order valence-corrected chi connectivity index (χ3v) is 5.75. The third-order valence-electron chi connectivity index (χ3n) is 5.75. The summed E-state index contributed by atoms with van der Waals surface area (Å²) in [5.74, 6) is -0.171. The van der Waals surface area contributed by atoms with Crippen LogP contribution >= 0.6 is 0 Å². The molecule has 2 aromatic rings. The molecular weight excluding hydrogens is 525 g/mol. The first-order valence-electron chi connectivity index (χ1n) is 14.2. The predicted octanol–water partition coefficient (Wildman–Crippen LogP) is 2.72. The smallest absolute Gasteiger partial charge is 0.243 e. The Labute approximate surface area is 244 Å². The molecule has 0 fully saturated rings. The van der Waals surface area contributed by atoms with E-state index in [0.717, 1.165) is 23.3 Å². The second-order valence-corrected chi connectivity index (χ2v) is 10.2. The molecule has 0 saturated heterocycles. The molecule has 41 heavy (non-hydrogen) atoms. The highest BCUT2D eigenvalue weighted by Crippen LogP contribution is 2.21. The minimum absolute atomic E-state index is 0.0479. The van der Waals surface area contributed by atoms with Crippen molar-refractivity contribution in [1.82, 2.24) is 26.6 Å². The summed E-state index contributed by atoms with van der Waals surface area (Å²) in [4.78, 5) is 36.7. The number of hydrogen-bond donors (Lipinski definition) is 5. The number of ether oxygens (including phenoxy) is 1. The van der Waals surface area contributed by atoms with E-state index in [1.54, 1.807) is 13.1 Å². The van der Waals surface area contributed by atoms with Gasteiger partial charge in [0.2, 0.25) is 17.7 Å². The Morgan fingerprint density at radius 1 is 0.976 bits per heavy atom. The summed E-state index contributed by atoms with van der Waals surface area (Å²) in [5.41, 5.74) is 2.02. The molecule has 9 nitrogen and oxygen atoms in total. The van der Waals surface area contributed by atoms with E-state index in [4.69, 9.17) is 4.74 Å². The Hall–Kier alpha value is -3.50. The van der Waals surface area contributed by atoms with Gasteiger partial charge in [0.05, 0.1) is 13.1 Å². The van der Waals surface area contributed by atoms with Crippen LogP contribution in [0.25, 0.3) is 0 Å². The van der Waals surface area contributed by atoms with E-state index in [1.807, 2.05) is 44.2 Å². The number of likely N-dealkylation sites (N-methyl/N-ethyl adjacent to an activating group) is 1. The van der Waals surface area contributed by atoms with Crippen LogP contribution in [-0.4, -0.2) is 69.6 Å². The number of aryl methyl sites for hydroxylation is 1. The van der Waals surface area contributed by atoms with Gasteiger partial charge in [0.1, 0.15) is 24.2 Å². The molecule has 0 aromatic heterocycles. The first kappa shape index (κ1) is 35.5. The summed E-state index contributed by atoms with van der Waals surface area (Å²) >= 11 is 0. The Kier molecular flexibility index (Phi) is 17.7. The van der Waals surface area contributed by atoms with E-state index >= 15 is 0 Å². The number of carbonyl (C=O) groups is 3. The second kappa shape index (κ2) is 20.4. The van der Waals surface area contributed by atoms with Gasteiger partial charge < -0.3 is 31.3 Å². The number of carbonyl (C=O) groups excluding carboxylic acids is 3. The lowest BCUT2D eigenvalue weighted by atomic mass is 10.00. The van der Waals surface area contributed by atoms with Crippen LogP contribution in [0.1, 0.15) is 45.2 Å². The molecule has 0 saturated carbocycles. The molecule has 2 aromatic carbocycles. The fourth-order valence-corrected chi connectivity index (χ4v) is 3.71. The summed E-state index contributed by atoms with van der Waals surface area (Å²) in [5, 5.41) is 14.1. The van der Waals surface area contributed by atoms with Gasteiger partial charge in [0, 0.05) is 19.1 Å². The van der Waals surface area contributed by atoms with Crippen molar-refractivity contribution < 1.29 is 23.5 Å². The lowest BCUT2D eigenvalue weighted by Gasteiger charge is -2.21. The van der Waals surface area contributed by atoms with Crippen molar-refractivity contribution in [2.75, 3.05) is 39.8 Å². The number of fused-ring (bicyclic) bond motifs is 1. The molecule has 1 heterocycles. The van der Waals surface area contributed by atoms with Crippen LogP contribution in [0.4, 0.5) is 4.39 Å². The fraction of sp³-hybridized carbons (Fsp3) is 0.516. The predicted molar refractivity (Wildman–Crippen MR) is 161 cm³/mol. The van der Waals surface area contributed by atoms with E-state index in [0.29, 0.717) is 13.2 Å². The summed E-state index contributed by atoms with van der Waals surface area (Å²) in [7, 11) is 1.71. The van der Waals surface area contributed by atoms with Gasteiger partial charge in [-0.05, 0) is 62.6 Å². The van der Waals surface area contributed by atoms with Gasteiger partial charge in [-0.1, -0.05) is 57.5 Å². The first-order valence-corrected chi connectivity index (χ1v) is 14.2. The molecule has 228 valence electrons. The highest BCUT2D eigenvalue weighted by Gasteiger charge is 2.21. The minimum atomic E-state index is -0.723. The number of para-hydroxylation sites is 1. The van der Waals surface area contributed by atoms with Crippen molar-refractivity contribution in [3.05, 3.63) is 65.5 Å². The van der Waals surface area contributed by atoms with Crippen molar-refractivity contribution >= 4 is 17.7 Å². The quantitative estimate of drug-likeness (QED) is 0.377. The van der Waals surface area contributed by atoms with E-state index in [2.05, 4.69) is 47.4 Å². The summed E-state index contributed by atoms with van der Waals surface area (Å²) in [6, 6.07) is 13.6. The minimum Gasteiger partial charge on any atom is -0.492 e. The van der Waals surface area contributed by atoms with Gasteiger partial charge in [-0.25, -0.2) is 4.39 Å². The standard InChI is InChI=1S/C21H33N5O4.C7H7F.C3H8/c1-14-8-16-6-4-5-7-18(16)30-13-15(2)23-11-19(27)24-12-20(28)26-17(10-22-3)21(29)25-9-14;1-6-3-2-4-7(8)5-6;1-3-2/h4-7,14-15,17,22-23H,8-13H2,1-3H3,(H,24,27)(H,25,29)(H,26,28);2-5H,1H3;3H2,1-2H3/t14?,15-,17?;;/m0../s1. The molecule has 1 aliphatic rings. The molecule has 0 bridgehead atoms. The molecule has 10 heteroatoms. The van der Waals surface area contributed by atoms with Crippen LogP contribution in [-0.2, 0) is 20.8 Å². The molecule has 0 aliphatic carbocycles. The first-order chi connectivity index (χ1) is 19.6. The van der Waals surface area contributed by atoms with E-state index in [9.17, 15) is 18.8 Å². The number of rotatable bonds is 2. The highest BCUT2D eigenvalue weighted by atomic mass is 19.1. The van der Waals surface area contributed by atoms with Gasteiger partial charge >= 0.3 is 0 Å². The molecule has 3 rings (SSSR count). The lowest BCUT2D eigenvalue weighted by molar-refractivity contribution is -0.129. The molecule has 3 atom stereocenters. The number of amides is 3. The van der Waals surface area contributed by atoms with Gasteiger partial charge in [0.15, 0.2) is 0 Å². The third kappa shape index (κ3) is 15.8. The topological polar surface area (TPSA) is 121 Å². The van der Waals surface area contributed by atoms with Crippen molar-refractivity contribution in [3.8, 4) is 5.75 Å². The fourth-order valence-electron chi connectivity index (χ4n) is 3.71.